The molecule has 0 aliphatic carbocycles. The van der Waals surface area contributed by atoms with Crippen LogP contribution < -0.4 is 61.5 Å². The number of benzene rings is 2. The Morgan fingerprint density at radius 3 is 2.42 bits per heavy atom. The molecule has 0 spiro atoms. The van der Waals surface area contributed by atoms with E-state index in [4.69, 9.17) is 0 Å². The van der Waals surface area contributed by atoms with Crippen LogP contribution in [-0.4, -0.2) is 41.5 Å². The van der Waals surface area contributed by atoms with Crippen molar-refractivity contribution in [3.05, 3.63) is 90.7 Å². The quantitative estimate of drug-likeness (QED) is 0.0715. The third-order valence-electron chi connectivity index (χ3n) is 5.78. The smallest absolute Gasteiger partial charge is 0.748 e. The fourth-order valence-corrected chi connectivity index (χ4v) is 4.88. The molecule has 1 amide bonds. The van der Waals surface area contributed by atoms with Crippen molar-refractivity contribution < 1.29 is 88.4 Å². The third-order valence-corrected chi connectivity index (χ3v) is 7.03. The Bertz CT molecular complexity index is 1350. The molecule has 2 aromatic rings. The van der Waals surface area contributed by atoms with Gasteiger partial charge < -0.3 is 9.81 Å². The topological polar surface area (TPSA) is 122 Å². The predicted molar refractivity (Wildman–Crippen MR) is 139 cm³/mol. The van der Waals surface area contributed by atoms with E-state index in [0.717, 1.165) is 34.7 Å². The van der Waals surface area contributed by atoms with E-state index in [0.29, 0.717) is 4.90 Å². The molecule has 0 saturated carbocycles. The van der Waals surface area contributed by atoms with Crippen LogP contribution >= 0.6 is 12.0 Å². The fourth-order valence-electron chi connectivity index (χ4n) is 4.08. The van der Waals surface area contributed by atoms with E-state index in [1.165, 1.54) is 11.8 Å². The van der Waals surface area contributed by atoms with Crippen molar-refractivity contribution in [2.75, 3.05) is 17.2 Å². The molecule has 3 rings (SSSR count). The summed E-state index contributed by atoms with van der Waals surface area (Å²) in [6.45, 7) is 5.43. The molecule has 0 N–H and O–H groups in total. The Hall–Kier alpha value is -1.42. The molecule has 196 valence electrons. The van der Waals surface area contributed by atoms with E-state index >= 15 is 0 Å². The van der Waals surface area contributed by atoms with Crippen molar-refractivity contribution in [1.82, 2.24) is 0 Å². The molecule has 38 heavy (non-hydrogen) atoms. The molecule has 0 saturated heterocycles. The first-order valence-electron chi connectivity index (χ1n) is 11.3. The van der Waals surface area contributed by atoms with E-state index in [-0.39, 0.29) is 63.8 Å². The summed E-state index contributed by atoms with van der Waals surface area (Å²) in [6.07, 6.45) is 10.6. The Labute approximate surface area is 269 Å². The molecular formula is C26H27KN2O7S2. The maximum Gasteiger partial charge on any atom is 1.00 e. The summed E-state index contributed by atoms with van der Waals surface area (Å²) in [4.78, 5) is 14.2. The normalized spacial score (nSPS) is 14.9. The average Bonchev–Trinajstić information content (AvgIpc) is 3.06. The fraction of sp³-hybridized carbons (Fsp3) is 0.231. The molecule has 1 heterocycles. The number of para-hydroxylation sites is 1. The summed E-state index contributed by atoms with van der Waals surface area (Å²) in [7, 11) is -4.43. The molecule has 0 unspecified atom stereocenters. The Kier molecular flexibility index (Phi) is 12.8. The van der Waals surface area contributed by atoms with Gasteiger partial charge in [0.2, 0.25) is 11.6 Å². The molecule has 1 aliphatic heterocycles. The van der Waals surface area contributed by atoms with Gasteiger partial charge in [-0.25, -0.2) is 8.42 Å². The SMILES string of the molecule is CC(=O)N(/C=C/C=C/C=C/C1=[N+](CCS(=O)(=O)[O-])c2ccc(SOO[O-])cc2C1(C)C)c1ccccc1.[K+]. The number of carbonyl (C=O) groups excluding carboxylic acids is 1. The number of rotatable bonds is 11. The van der Waals surface area contributed by atoms with Crippen molar-refractivity contribution in [2.24, 2.45) is 0 Å². The molecule has 0 radical (unpaired) electrons. The van der Waals surface area contributed by atoms with Gasteiger partial charge in [-0.15, -0.1) is 0 Å². The minimum absolute atomic E-state index is 0. The maximum atomic E-state index is 12.0. The molecule has 1 aliphatic rings. The van der Waals surface area contributed by atoms with Gasteiger partial charge in [0.1, 0.15) is 10.1 Å². The van der Waals surface area contributed by atoms with E-state index in [9.17, 15) is 23.0 Å². The number of anilines is 1. The van der Waals surface area contributed by atoms with Crippen molar-refractivity contribution in [3.63, 3.8) is 0 Å². The summed E-state index contributed by atoms with van der Waals surface area (Å²) in [5.74, 6) is -0.677. The van der Waals surface area contributed by atoms with Crippen LogP contribution in [0.15, 0.2) is 90.0 Å². The van der Waals surface area contributed by atoms with Crippen LogP contribution in [0.3, 0.4) is 0 Å². The summed E-state index contributed by atoms with van der Waals surface area (Å²) in [6, 6.07) is 14.6. The minimum Gasteiger partial charge on any atom is -0.748 e. The number of hydrogen-bond donors (Lipinski definition) is 0. The second-order valence-corrected chi connectivity index (χ2v) is 10.9. The molecule has 0 aromatic heterocycles. The summed E-state index contributed by atoms with van der Waals surface area (Å²) in [5, 5.41) is 13.6. The molecule has 9 nitrogen and oxygen atoms in total. The van der Waals surface area contributed by atoms with Crippen LogP contribution in [-0.2, 0) is 29.7 Å². The number of hydrogen-bond acceptors (Lipinski definition) is 8. The van der Waals surface area contributed by atoms with E-state index in [1.54, 1.807) is 47.2 Å². The van der Waals surface area contributed by atoms with E-state index < -0.39 is 21.3 Å². The second kappa shape index (κ2) is 14.8. The van der Waals surface area contributed by atoms with Crippen LogP contribution in [0, 0.1) is 0 Å². The number of carbonyl (C=O) groups is 1. The number of nitrogens with zero attached hydrogens (tertiary/aromatic N) is 2. The number of fused-ring (bicyclic) bond motifs is 1. The van der Waals surface area contributed by atoms with Crippen LogP contribution in [0.1, 0.15) is 26.3 Å². The van der Waals surface area contributed by atoms with Gasteiger partial charge in [-0.3, -0.25) is 14.7 Å². The van der Waals surface area contributed by atoms with Gasteiger partial charge in [0.15, 0.2) is 12.3 Å². The molecule has 2 aromatic carbocycles. The number of allylic oxidation sites excluding steroid dienone is 5. The first-order valence-corrected chi connectivity index (χ1v) is 13.6. The summed E-state index contributed by atoms with van der Waals surface area (Å²) in [5.41, 5.74) is 2.63. The Morgan fingerprint density at radius 2 is 1.79 bits per heavy atom. The van der Waals surface area contributed by atoms with E-state index in [2.05, 4.69) is 9.37 Å². The van der Waals surface area contributed by atoms with Gasteiger partial charge in [-0.2, -0.15) is 8.91 Å². The molecule has 0 bridgehead atoms. The Morgan fingerprint density at radius 1 is 1.11 bits per heavy atom. The summed E-state index contributed by atoms with van der Waals surface area (Å²) < 4.78 is 40.3. The monoisotopic (exact) mass is 582 g/mol. The molecule has 0 fully saturated rings. The van der Waals surface area contributed by atoms with Gasteiger partial charge in [0.05, 0.1) is 23.2 Å². The van der Waals surface area contributed by atoms with Crippen LogP contribution in [0.2, 0.25) is 0 Å². The van der Waals surface area contributed by atoms with Crippen LogP contribution in [0.4, 0.5) is 11.4 Å². The zero-order valence-corrected chi connectivity index (χ0v) is 26.3. The van der Waals surface area contributed by atoms with Crippen molar-refractivity contribution in [3.8, 4) is 0 Å². The second-order valence-electron chi connectivity index (χ2n) is 8.63. The standard InChI is InChI=1S/C26H28N2O7S2.K/c1-20(29)27(21-11-7-6-8-12-21)16-10-5-4-9-13-25-26(2,3)23-19-22(36-35-34-30)14-15-24(23)28(25)17-18-37(31,32)33;/h4-16,19H,17-18H2,1-3H3,(H-,30,31,32,33);/q;+1/p-1. The third kappa shape index (κ3) is 8.79. The van der Waals surface area contributed by atoms with E-state index in [1.807, 2.05) is 56.3 Å². The van der Waals surface area contributed by atoms with Gasteiger partial charge in [-0.05, 0) is 44.2 Å². The van der Waals surface area contributed by atoms with Gasteiger partial charge >= 0.3 is 51.4 Å². The number of amides is 1. The molecular weight excluding hydrogens is 556 g/mol. The van der Waals surface area contributed by atoms with Gasteiger partial charge in [0, 0.05) is 41.4 Å². The first kappa shape index (κ1) is 32.8. The van der Waals surface area contributed by atoms with Crippen LogP contribution in [0.25, 0.3) is 0 Å². The maximum absolute atomic E-state index is 12.0. The Balaban J connectivity index is 0.00000507. The van der Waals surface area contributed by atoms with Crippen molar-refractivity contribution in [2.45, 2.75) is 31.1 Å². The van der Waals surface area contributed by atoms with Gasteiger partial charge in [0.25, 0.3) is 0 Å². The zero-order valence-electron chi connectivity index (χ0n) is 21.6. The largest absolute Gasteiger partial charge is 1.00 e. The minimum atomic E-state index is -4.43. The van der Waals surface area contributed by atoms with Crippen LogP contribution in [0.5, 0.6) is 0 Å². The van der Waals surface area contributed by atoms with Crippen molar-refractivity contribution in [1.29, 1.82) is 0 Å². The first-order chi connectivity index (χ1) is 17.5. The van der Waals surface area contributed by atoms with Gasteiger partial charge in [-0.1, -0.05) is 36.4 Å². The zero-order chi connectivity index (χ0) is 27.1. The van der Waals surface area contributed by atoms with Crippen molar-refractivity contribution >= 4 is 45.2 Å². The molecule has 0 atom stereocenters. The average molecular weight is 583 g/mol. The summed E-state index contributed by atoms with van der Waals surface area (Å²) >= 11 is 0.764. The predicted octanol–water partition coefficient (Wildman–Crippen LogP) is 0.522. The molecule has 12 heteroatoms.